The maximum atomic E-state index is 13.9. The molecule has 1 saturated carbocycles. The fourth-order valence-corrected chi connectivity index (χ4v) is 5.80. The van der Waals surface area contributed by atoms with Gasteiger partial charge in [0.2, 0.25) is 11.8 Å². The normalized spacial score (nSPS) is 15.1. The van der Waals surface area contributed by atoms with E-state index in [0.717, 1.165) is 39.9 Å². The quantitative estimate of drug-likeness (QED) is 0.441. The van der Waals surface area contributed by atoms with Crippen molar-refractivity contribution in [3.63, 3.8) is 0 Å². The van der Waals surface area contributed by atoms with Crippen LogP contribution in [0.2, 0.25) is 0 Å². The van der Waals surface area contributed by atoms with E-state index in [9.17, 15) is 18.0 Å². The monoisotopic (exact) mass is 544 g/mol. The lowest BCUT2D eigenvalue weighted by Crippen LogP contribution is -2.54. The van der Waals surface area contributed by atoms with Crippen molar-refractivity contribution in [3.8, 4) is 5.75 Å². The molecular weight excluding hydrogens is 504 g/mol. The fourth-order valence-electron chi connectivity index (χ4n) is 4.74. The van der Waals surface area contributed by atoms with Gasteiger partial charge in [0.15, 0.2) is 0 Å². The molecule has 0 spiro atoms. The number of nitrogens with one attached hydrogen (secondary N) is 1. The average Bonchev–Trinajstić information content (AvgIpc) is 2.92. The molecule has 1 aliphatic carbocycles. The Morgan fingerprint density at radius 1 is 1.03 bits per heavy atom. The summed E-state index contributed by atoms with van der Waals surface area (Å²) in [5.74, 6) is -0.0409. The van der Waals surface area contributed by atoms with Crippen LogP contribution in [0.15, 0.2) is 54.6 Å². The van der Waals surface area contributed by atoms with Gasteiger partial charge in [-0.25, -0.2) is 4.31 Å². The molecule has 1 aliphatic rings. The van der Waals surface area contributed by atoms with Crippen LogP contribution in [0.5, 0.6) is 5.75 Å². The van der Waals surface area contributed by atoms with Gasteiger partial charge < -0.3 is 15.0 Å². The summed E-state index contributed by atoms with van der Waals surface area (Å²) >= 11 is 0. The van der Waals surface area contributed by atoms with Gasteiger partial charge >= 0.3 is 10.2 Å². The van der Waals surface area contributed by atoms with Crippen molar-refractivity contribution in [1.82, 2.24) is 14.5 Å². The molecule has 0 heterocycles. The Bertz CT molecular complexity index is 1170. The Labute approximate surface area is 226 Å². The Hall–Kier alpha value is -3.11. The van der Waals surface area contributed by atoms with E-state index in [-0.39, 0.29) is 18.5 Å². The predicted octanol–water partition coefficient (Wildman–Crippen LogP) is 3.56. The molecule has 1 N–H and O–H groups in total. The first kappa shape index (κ1) is 29.4. The summed E-state index contributed by atoms with van der Waals surface area (Å²) in [7, 11) is 0.441. The topological polar surface area (TPSA) is 99.3 Å². The van der Waals surface area contributed by atoms with Crippen molar-refractivity contribution in [3.05, 3.63) is 60.2 Å². The molecule has 10 heteroatoms. The van der Waals surface area contributed by atoms with Crippen molar-refractivity contribution >= 4 is 27.7 Å². The molecule has 0 aromatic heterocycles. The fraction of sp³-hybridized carbons (Fsp3) is 0.500. The van der Waals surface area contributed by atoms with E-state index in [4.69, 9.17) is 4.74 Å². The van der Waals surface area contributed by atoms with Crippen LogP contribution in [-0.2, 0) is 26.3 Å². The first-order valence-corrected chi connectivity index (χ1v) is 14.5. The molecule has 1 fully saturated rings. The molecule has 2 aromatic rings. The van der Waals surface area contributed by atoms with Crippen LogP contribution in [0, 0.1) is 0 Å². The van der Waals surface area contributed by atoms with Crippen molar-refractivity contribution < 1.29 is 22.7 Å². The molecular formula is C28H40N4O5S. The summed E-state index contributed by atoms with van der Waals surface area (Å²) in [5.41, 5.74) is 1.15. The zero-order valence-electron chi connectivity index (χ0n) is 22.8. The number of benzene rings is 2. The summed E-state index contributed by atoms with van der Waals surface area (Å²) in [6.45, 7) is 1.56. The van der Waals surface area contributed by atoms with E-state index in [1.165, 1.54) is 25.4 Å². The van der Waals surface area contributed by atoms with Crippen LogP contribution in [-0.4, -0.2) is 69.3 Å². The molecule has 1 atom stereocenters. The van der Waals surface area contributed by atoms with Crippen LogP contribution in [0.3, 0.4) is 0 Å². The predicted molar refractivity (Wildman–Crippen MR) is 149 cm³/mol. The van der Waals surface area contributed by atoms with Crippen molar-refractivity contribution in [1.29, 1.82) is 0 Å². The molecule has 2 amide bonds. The van der Waals surface area contributed by atoms with Gasteiger partial charge in [-0.15, -0.1) is 0 Å². The van der Waals surface area contributed by atoms with E-state index in [0.29, 0.717) is 17.9 Å². The van der Waals surface area contributed by atoms with Gasteiger partial charge in [-0.3, -0.25) is 9.59 Å². The molecule has 2 aromatic carbocycles. The molecule has 38 heavy (non-hydrogen) atoms. The van der Waals surface area contributed by atoms with Crippen molar-refractivity contribution in [2.45, 2.75) is 64.1 Å². The summed E-state index contributed by atoms with van der Waals surface area (Å²) < 4.78 is 34.0. The number of para-hydroxylation sites is 1. The number of amides is 2. The van der Waals surface area contributed by atoms with E-state index in [2.05, 4.69) is 5.32 Å². The largest absolute Gasteiger partial charge is 0.497 e. The lowest BCUT2D eigenvalue weighted by Gasteiger charge is -2.35. The molecule has 0 aliphatic heterocycles. The zero-order chi connectivity index (χ0) is 27.7. The number of anilines is 1. The highest BCUT2D eigenvalue weighted by atomic mass is 32.2. The summed E-state index contributed by atoms with van der Waals surface area (Å²) in [6, 6.07) is 15.2. The minimum atomic E-state index is -3.98. The minimum Gasteiger partial charge on any atom is -0.497 e. The Morgan fingerprint density at radius 2 is 1.71 bits per heavy atom. The molecule has 208 valence electrons. The van der Waals surface area contributed by atoms with Crippen LogP contribution >= 0.6 is 0 Å². The number of carbonyl (C=O) groups excluding carboxylic acids is 2. The number of rotatable bonds is 12. The second-order valence-electron chi connectivity index (χ2n) is 9.77. The van der Waals surface area contributed by atoms with Gasteiger partial charge in [0.1, 0.15) is 18.3 Å². The van der Waals surface area contributed by atoms with Crippen LogP contribution in [0.4, 0.5) is 5.69 Å². The lowest BCUT2D eigenvalue weighted by atomic mass is 9.95. The smallest absolute Gasteiger partial charge is 0.304 e. The minimum absolute atomic E-state index is 0.0917. The molecule has 0 saturated heterocycles. The van der Waals surface area contributed by atoms with Crippen LogP contribution < -0.4 is 14.4 Å². The van der Waals surface area contributed by atoms with Gasteiger partial charge in [0.05, 0.1) is 12.8 Å². The standard InChI is InChI=1S/C28H40N4O5S/c1-5-26(28(34)29-23-14-8-6-9-15-23)31(20-22-13-12-18-25(19-22)37-4)27(33)21-32(38(35,36)30(2)3)24-16-10-7-11-17-24/h7,10-13,16-19,23,26H,5-6,8-9,14-15,20-21H2,1-4H3,(H,29,34)/t26-/m0/s1. The molecule has 0 radical (unpaired) electrons. The Balaban J connectivity index is 1.95. The Morgan fingerprint density at radius 3 is 2.32 bits per heavy atom. The summed E-state index contributed by atoms with van der Waals surface area (Å²) in [4.78, 5) is 28.9. The summed E-state index contributed by atoms with van der Waals surface area (Å²) in [5, 5.41) is 3.15. The third-order valence-electron chi connectivity index (χ3n) is 6.89. The lowest BCUT2D eigenvalue weighted by molar-refractivity contribution is -0.140. The molecule has 9 nitrogen and oxygen atoms in total. The highest BCUT2D eigenvalue weighted by Gasteiger charge is 2.34. The number of carbonyl (C=O) groups is 2. The van der Waals surface area contributed by atoms with E-state index >= 15 is 0 Å². The van der Waals surface area contributed by atoms with Crippen molar-refractivity contribution in [2.24, 2.45) is 0 Å². The maximum absolute atomic E-state index is 13.9. The highest BCUT2D eigenvalue weighted by Crippen LogP contribution is 2.23. The first-order valence-electron chi connectivity index (χ1n) is 13.1. The second-order valence-corrected chi connectivity index (χ2v) is 11.8. The van der Waals surface area contributed by atoms with Crippen LogP contribution in [0.25, 0.3) is 0 Å². The molecule has 0 bridgehead atoms. The SMILES string of the molecule is CC[C@@H](C(=O)NC1CCCCC1)N(Cc1cccc(OC)c1)C(=O)CN(c1ccccc1)S(=O)(=O)N(C)C. The van der Waals surface area contributed by atoms with Crippen LogP contribution in [0.1, 0.15) is 51.0 Å². The second kappa shape index (κ2) is 13.6. The number of ether oxygens (including phenoxy) is 1. The third kappa shape index (κ3) is 7.48. The van der Waals surface area contributed by atoms with Crippen molar-refractivity contribution in [2.75, 3.05) is 32.1 Å². The van der Waals surface area contributed by atoms with E-state index < -0.39 is 28.7 Å². The van der Waals surface area contributed by atoms with Gasteiger partial charge in [-0.1, -0.05) is 56.5 Å². The first-order chi connectivity index (χ1) is 18.2. The van der Waals surface area contributed by atoms with Gasteiger partial charge in [0.25, 0.3) is 0 Å². The van der Waals surface area contributed by atoms with E-state index in [1.54, 1.807) is 37.4 Å². The maximum Gasteiger partial charge on any atom is 0.304 e. The number of hydrogen-bond acceptors (Lipinski definition) is 5. The summed E-state index contributed by atoms with van der Waals surface area (Å²) in [6.07, 6.45) is 5.55. The van der Waals surface area contributed by atoms with Gasteiger partial charge in [-0.2, -0.15) is 12.7 Å². The highest BCUT2D eigenvalue weighted by molar-refractivity contribution is 7.90. The number of methoxy groups -OCH3 is 1. The van der Waals surface area contributed by atoms with Gasteiger partial charge in [0, 0.05) is 26.7 Å². The average molecular weight is 545 g/mol. The van der Waals surface area contributed by atoms with E-state index in [1.807, 2.05) is 31.2 Å². The Kier molecular flexibility index (Phi) is 10.6. The number of nitrogens with zero attached hydrogens (tertiary/aromatic N) is 3. The number of hydrogen-bond donors (Lipinski definition) is 1. The molecule has 3 rings (SSSR count). The third-order valence-corrected chi connectivity index (χ3v) is 8.71. The molecule has 0 unspecified atom stereocenters. The zero-order valence-corrected chi connectivity index (χ0v) is 23.6. The van der Waals surface area contributed by atoms with Gasteiger partial charge in [-0.05, 0) is 49.1 Å².